The number of nitrogens with two attached hydrogens (primary N) is 1. The molecule has 5 rings (SSSR count). The second kappa shape index (κ2) is 6.94. The molecule has 1 aromatic carbocycles. The molecule has 7 nitrogen and oxygen atoms in total. The normalized spacial score (nSPS) is 20.4. The summed E-state index contributed by atoms with van der Waals surface area (Å²) in [5.74, 6) is 1.78. The fourth-order valence-corrected chi connectivity index (χ4v) is 4.75. The zero-order valence-corrected chi connectivity index (χ0v) is 18.1. The third kappa shape index (κ3) is 3.12. The molecule has 0 radical (unpaired) electrons. The van der Waals surface area contributed by atoms with E-state index in [4.69, 9.17) is 15.7 Å². The molecule has 1 saturated heterocycles. The number of piperidine rings is 1. The van der Waals surface area contributed by atoms with Crippen LogP contribution in [0.4, 0.5) is 17.3 Å². The van der Waals surface area contributed by atoms with Gasteiger partial charge in [-0.3, -0.25) is 5.10 Å². The van der Waals surface area contributed by atoms with E-state index in [1.54, 1.807) is 0 Å². The SMILES string of the molecule is CC1(CN)CCN(c2cnc3c(N4CCC(C)(C)c5ccccc54)n[nH]c3n2)CC1. The van der Waals surface area contributed by atoms with E-state index in [0.717, 1.165) is 68.2 Å². The topological polar surface area (TPSA) is 87.0 Å². The minimum atomic E-state index is 0.157. The van der Waals surface area contributed by atoms with Crippen molar-refractivity contribution < 1.29 is 0 Å². The number of aromatic nitrogens is 4. The van der Waals surface area contributed by atoms with Gasteiger partial charge in [-0.1, -0.05) is 39.0 Å². The summed E-state index contributed by atoms with van der Waals surface area (Å²) in [4.78, 5) is 14.2. The van der Waals surface area contributed by atoms with Crippen LogP contribution in [-0.4, -0.2) is 46.3 Å². The van der Waals surface area contributed by atoms with Crippen molar-refractivity contribution in [3.8, 4) is 0 Å². The maximum atomic E-state index is 5.96. The number of anilines is 3. The van der Waals surface area contributed by atoms with E-state index in [9.17, 15) is 0 Å². The smallest absolute Gasteiger partial charge is 0.183 e. The molecule has 2 aliphatic heterocycles. The fraction of sp³-hybridized carbons (Fsp3) is 0.522. The summed E-state index contributed by atoms with van der Waals surface area (Å²) in [6, 6.07) is 8.62. The Morgan fingerprint density at radius 3 is 2.60 bits per heavy atom. The predicted octanol–water partition coefficient (Wildman–Crippen LogP) is 3.74. The van der Waals surface area contributed by atoms with Gasteiger partial charge in [0.05, 0.1) is 6.20 Å². The van der Waals surface area contributed by atoms with Gasteiger partial charge in [-0.05, 0) is 48.3 Å². The number of benzene rings is 1. The van der Waals surface area contributed by atoms with E-state index in [2.05, 4.69) is 65.0 Å². The van der Waals surface area contributed by atoms with Crippen LogP contribution in [0.5, 0.6) is 0 Å². The molecule has 0 aliphatic carbocycles. The number of hydrogen-bond acceptors (Lipinski definition) is 6. The summed E-state index contributed by atoms with van der Waals surface area (Å²) in [6.07, 6.45) is 5.12. The van der Waals surface area contributed by atoms with Crippen LogP contribution in [0.2, 0.25) is 0 Å². The van der Waals surface area contributed by atoms with Crippen LogP contribution >= 0.6 is 0 Å². The molecule has 0 bridgehead atoms. The van der Waals surface area contributed by atoms with E-state index in [1.807, 2.05) is 6.20 Å². The minimum absolute atomic E-state index is 0.157. The zero-order chi connectivity index (χ0) is 20.9. The average molecular weight is 406 g/mol. The van der Waals surface area contributed by atoms with Crippen LogP contribution in [0.15, 0.2) is 30.5 Å². The lowest BCUT2D eigenvalue weighted by Gasteiger charge is -2.39. The van der Waals surface area contributed by atoms with Gasteiger partial charge in [0.1, 0.15) is 5.82 Å². The van der Waals surface area contributed by atoms with Crippen LogP contribution in [-0.2, 0) is 5.41 Å². The van der Waals surface area contributed by atoms with Crippen LogP contribution in [0.25, 0.3) is 11.2 Å². The van der Waals surface area contributed by atoms with Gasteiger partial charge in [-0.15, -0.1) is 0 Å². The summed E-state index contributed by atoms with van der Waals surface area (Å²) >= 11 is 0. The highest BCUT2D eigenvalue weighted by Crippen LogP contribution is 2.43. The highest BCUT2D eigenvalue weighted by molar-refractivity contribution is 5.88. The predicted molar refractivity (Wildman–Crippen MR) is 121 cm³/mol. The highest BCUT2D eigenvalue weighted by atomic mass is 15.3. The molecule has 2 aromatic heterocycles. The standard InChI is InChI=1S/C23H31N7/c1-22(2)8-13-30(17-7-5-4-6-16(17)22)21-19-20(27-28-21)26-18(14-25-19)29-11-9-23(3,15-24)10-12-29/h4-7,14H,8-13,15,24H2,1-3H3,(H,26,27,28). The Hall–Kier alpha value is -2.67. The number of nitrogens with one attached hydrogen (secondary N) is 1. The Kier molecular flexibility index (Phi) is 4.47. The third-order valence-electron chi connectivity index (χ3n) is 7.17. The first kappa shape index (κ1) is 19.3. The Morgan fingerprint density at radius 1 is 1.07 bits per heavy atom. The van der Waals surface area contributed by atoms with E-state index < -0.39 is 0 Å². The van der Waals surface area contributed by atoms with Gasteiger partial charge in [0.15, 0.2) is 17.0 Å². The van der Waals surface area contributed by atoms with Crippen molar-refractivity contribution in [1.29, 1.82) is 0 Å². The van der Waals surface area contributed by atoms with E-state index in [-0.39, 0.29) is 10.8 Å². The van der Waals surface area contributed by atoms with Gasteiger partial charge in [-0.2, -0.15) is 5.10 Å². The highest BCUT2D eigenvalue weighted by Gasteiger charge is 2.33. The molecule has 3 N–H and O–H groups in total. The lowest BCUT2D eigenvalue weighted by molar-refractivity contribution is 0.258. The summed E-state index contributed by atoms with van der Waals surface area (Å²) in [5, 5.41) is 7.76. The molecule has 0 unspecified atom stereocenters. The number of hydrogen-bond donors (Lipinski definition) is 2. The zero-order valence-electron chi connectivity index (χ0n) is 18.1. The van der Waals surface area contributed by atoms with Crippen LogP contribution in [0.1, 0.15) is 45.6 Å². The van der Waals surface area contributed by atoms with Crippen molar-refractivity contribution in [3.05, 3.63) is 36.0 Å². The van der Waals surface area contributed by atoms with Crippen molar-refractivity contribution in [2.45, 2.75) is 45.4 Å². The molecule has 158 valence electrons. The van der Waals surface area contributed by atoms with E-state index >= 15 is 0 Å². The summed E-state index contributed by atoms with van der Waals surface area (Å²) < 4.78 is 0. The first-order valence-corrected chi connectivity index (χ1v) is 10.9. The Labute approximate surface area is 177 Å². The third-order valence-corrected chi connectivity index (χ3v) is 7.17. The lowest BCUT2D eigenvalue weighted by Crippen LogP contribution is -2.42. The second-order valence-electron chi connectivity index (χ2n) is 9.78. The molecule has 4 heterocycles. The Morgan fingerprint density at radius 2 is 1.83 bits per heavy atom. The summed E-state index contributed by atoms with van der Waals surface area (Å²) in [7, 11) is 0. The molecule has 1 fully saturated rings. The lowest BCUT2D eigenvalue weighted by atomic mass is 9.77. The van der Waals surface area contributed by atoms with Gasteiger partial charge in [0, 0.05) is 25.3 Å². The molecular formula is C23H31N7. The van der Waals surface area contributed by atoms with E-state index in [0.29, 0.717) is 0 Å². The van der Waals surface area contributed by atoms with Crippen molar-refractivity contribution >= 4 is 28.5 Å². The number of aromatic amines is 1. The van der Waals surface area contributed by atoms with Gasteiger partial charge >= 0.3 is 0 Å². The molecule has 0 spiro atoms. The maximum Gasteiger partial charge on any atom is 0.183 e. The van der Waals surface area contributed by atoms with Crippen molar-refractivity contribution in [3.63, 3.8) is 0 Å². The molecular weight excluding hydrogens is 374 g/mol. The monoisotopic (exact) mass is 405 g/mol. The van der Waals surface area contributed by atoms with Gasteiger partial charge in [-0.25, -0.2) is 9.97 Å². The van der Waals surface area contributed by atoms with Gasteiger partial charge in [0.2, 0.25) is 0 Å². The van der Waals surface area contributed by atoms with Crippen molar-refractivity contribution in [2.75, 3.05) is 36.0 Å². The molecule has 2 aliphatic rings. The maximum absolute atomic E-state index is 5.96. The molecule has 30 heavy (non-hydrogen) atoms. The largest absolute Gasteiger partial charge is 0.355 e. The van der Waals surface area contributed by atoms with Crippen molar-refractivity contribution in [2.24, 2.45) is 11.1 Å². The van der Waals surface area contributed by atoms with E-state index in [1.165, 1.54) is 11.3 Å². The fourth-order valence-electron chi connectivity index (χ4n) is 4.75. The van der Waals surface area contributed by atoms with Gasteiger partial charge < -0.3 is 15.5 Å². The molecule has 0 atom stereocenters. The first-order valence-electron chi connectivity index (χ1n) is 10.9. The van der Waals surface area contributed by atoms with Crippen LogP contribution < -0.4 is 15.5 Å². The molecule has 7 heteroatoms. The average Bonchev–Trinajstić information content (AvgIpc) is 3.18. The van der Waals surface area contributed by atoms with Crippen LogP contribution in [0.3, 0.4) is 0 Å². The Balaban J connectivity index is 1.46. The number of para-hydroxylation sites is 1. The van der Waals surface area contributed by atoms with Gasteiger partial charge in [0.25, 0.3) is 0 Å². The quantitative estimate of drug-likeness (QED) is 0.690. The molecule has 3 aromatic rings. The molecule has 0 saturated carbocycles. The van der Waals surface area contributed by atoms with Crippen LogP contribution in [0, 0.1) is 5.41 Å². The number of rotatable bonds is 3. The summed E-state index contributed by atoms with van der Waals surface area (Å²) in [5.41, 5.74) is 10.5. The molecule has 0 amide bonds. The second-order valence-corrected chi connectivity index (χ2v) is 9.78. The minimum Gasteiger partial charge on any atom is -0.355 e. The number of fused-ring (bicyclic) bond motifs is 2. The Bertz CT molecular complexity index is 1060. The summed E-state index contributed by atoms with van der Waals surface area (Å²) in [6.45, 7) is 10.5. The van der Waals surface area contributed by atoms with Crippen molar-refractivity contribution in [1.82, 2.24) is 20.2 Å². The number of H-pyrrole nitrogens is 1. The first-order chi connectivity index (χ1) is 14.4. The number of nitrogens with zero attached hydrogens (tertiary/aromatic N) is 5.